The molecule has 0 spiro atoms. The largest absolute Gasteiger partial charge is 0.401 e. The van der Waals surface area contributed by atoms with E-state index in [0.717, 1.165) is 19.6 Å². The van der Waals surface area contributed by atoms with Gasteiger partial charge in [-0.2, -0.15) is 13.2 Å². The van der Waals surface area contributed by atoms with Crippen LogP contribution in [0.3, 0.4) is 0 Å². The summed E-state index contributed by atoms with van der Waals surface area (Å²) in [5.41, 5.74) is 0. The van der Waals surface area contributed by atoms with Crippen LogP contribution in [0, 0.1) is 0 Å². The van der Waals surface area contributed by atoms with Crippen LogP contribution in [-0.4, -0.2) is 69.0 Å². The summed E-state index contributed by atoms with van der Waals surface area (Å²) in [6, 6.07) is 0.00767. The molecule has 1 saturated heterocycles. The van der Waals surface area contributed by atoms with Gasteiger partial charge in [0.2, 0.25) is 0 Å². The lowest BCUT2D eigenvalue weighted by Crippen LogP contribution is -2.45. The molecule has 1 atom stereocenters. The number of alkyl halides is 3. The van der Waals surface area contributed by atoms with Crippen LogP contribution >= 0.6 is 0 Å². The molecule has 0 radical (unpaired) electrons. The van der Waals surface area contributed by atoms with Crippen molar-refractivity contribution in [3.05, 3.63) is 0 Å². The summed E-state index contributed by atoms with van der Waals surface area (Å²) in [4.78, 5) is 5.57. The van der Waals surface area contributed by atoms with Crippen molar-refractivity contribution in [2.24, 2.45) is 4.99 Å². The number of ether oxygens (including phenoxy) is 1. The van der Waals surface area contributed by atoms with Gasteiger partial charge in [-0.05, 0) is 25.7 Å². The van der Waals surface area contributed by atoms with Crippen molar-refractivity contribution in [2.75, 3.05) is 39.8 Å². The molecule has 1 aliphatic heterocycles. The van der Waals surface area contributed by atoms with E-state index in [-0.39, 0.29) is 6.04 Å². The van der Waals surface area contributed by atoms with Crippen LogP contribution in [0.1, 0.15) is 38.5 Å². The monoisotopic (exact) mass is 350 g/mol. The van der Waals surface area contributed by atoms with Gasteiger partial charge in [0.05, 0.1) is 12.6 Å². The second kappa shape index (κ2) is 9.46. The Morgan fingerprint density at radius 2 is 2.00 bits per heavy atom. The van der Waals surface area contributed by atoms with Crippen LogP contribution in [-0.2, 0) is 4.74 Å². The topological polar surface area (TPSA) is 48.9 Å². The van der Waals surface area contributed by atoms with Gasteiger partial charge in [-0.3, -0.25) is 9.89 Å². The first kappa shape index (κ1) is 19.3. The fraction of sp³-hybridized carbons (Fsp3) is 0.938. The van der Waals surface area contributed by atoms with E-state index in [1.165, 1.54) is 30.6 Å². The number of nitrogens with one attached hydrogen (secondary N) is 2. The first-order valence-electron chi connectivity index (χ1n) is 8.84. The molecule has 1 unspecified atom stereocenters. The molecule has 0 aromatic rings. The highest BCUT2D eigenvalue weighted by Crippen LogP contribution is 2.21. The van der Waals surface area contributed by atoms with Crippen molar-refractivity contribution in [1.29, 1.82) is 0 Å². The van der Waals surface area contributed by atoms with Gasteiger partial charge in [0.15, 0.2) is 5.96 Å². The minimum atomic E-state index is -4.13. The molecule has 2 aliphatic rings. The second-order valence-electron chi connectivity index (χ2n) is 6.61. The Kier molecular flexibility index (Phi) is 7.61. The molecule has 0 amide bonds. The summed E-state index contributed by atoms with van der Waals surface area (Å²) in [6.07, 6.45) is 2.77. The van der Waals surface area contributed by atoms with Crippen molar-refractivity contribution in [2.45, 2.75) is 56.8 Å². The minimum absolute atomic E-state index is 0.00767. The lowest BCUT2D eigenvalue weighted by Gasteiger charge is -2.20. The summed E-state index contributed by atoms with van der Waals surface area (Å²) in [7, 11) is 1.67. The molecule has 2 fully saturated rings. The van der Waals surface area contributed by atoms with Crippen LogP contribution in [0.15, 0.2) is 4.99 Å². The smallest absolute Gasteiger partial charge is 0.378 e. The number of hydrogen-bond donors (Lipinski definition) is 2. The molecule has 2 rings (SSSR count). The first-order chi connectivity index (χ1) is 11.5. The van der Waals surface area contributed by atoms with E-state index in [2.05, 4.69) is 15.6 Å². The molecule has 0 aromatic heterocycles. The number of guanidine groups is 1. The third-order valence-electron chi connectivity index (χ3n) is 4.51. The minimum Gasteiger partial charge on any atom is -0.378 e. The fourth-order valence-electron chi connectivity index (χ4n) is 3.32. The number of likely N-dealkylation sites (tertiary alicyclic amines) is 1. The molecular weight excluding hydrogens is 321 g/mol. The maximum absolute atomic E-state index is 12.4. The molecule has 1 saturated carbocycles. The third kappa shape index (κ3) is 7.25. The number of nitrogens with zero attached hydrogens (tertiary/aromatic N) is 2. The predicted octanol–water partition coefficient (Wildman–Crippen LogP) is 2.14. The zero-order valence-electron chi connectivity index (χ0n) is 14.4. The van der Waals surface area contributed by atoms with Gasteiger partial charge in [-0.25, -0.2) is 0 Å². The summed E-state index contributed by atoms with van der Waals surface area (Å²) in [6.45, 7) is 1.49. The highest BCUT2D eigenvalue weighted by atomic mass is 19.4. The van der Waals surface area contributed by atoms with E-state index in [1.54, 1.807) is 7.05 Å². The Morgan fingerprint density at radius 1 is 1.25 bits per heavy atom. The molecule has 5 nitrogen and oxygen atoms in total. The Morgan fingerprint density at radius 3 is 2.67 bits per heavy atom. The van der Waals surface area contributed by atoms with Crippen LogP contribution in [0.5, 0.6) is 0 Å². The number of aliphatic imine (C=N–C) groups is 1. The lowest BCUT2D eigenvalue weighted by molar-refractivity contribution is -0.143. The van der Waals surface area contributed by atoms with Crippen LogP contribution in [0.2, 0.25) is 0 Å². The van der Waals surface area contributed by atoms with Gasteiger partial charge >= 0.3 is 6.18 Å². The SMILES string of the molecule is CN=C(NCCCOC1CCCC1)NC1CCN(CC(F)(F)F)C1. The summed E-state index contributed by atoms with van der Waals surface area (Å²) in [5.74, 6) is 0.648. The quantitative estimate of drug-likeness (QED) is 0.420. The fourth-order valence-corrected chi connectivity index (χ4v) is 3.32. The Labute approximate surface area is 142 Å². The van der Waals surface area contributed by atoms with E-state index < -0.39 is 12.7 Å². The van der Waals surface area contributed by atoms with Gasteiger partial charge in [0.25, 0.3) is 0 Å². The van der Waals surface area contributed by atoms with Crippen molar-refractivity contribution < 1.29 is 17.9 Å². The van der Waals surface area contributed by atoms with Gasteiger partial charge in [0, 0.05) is 39.3 Å². The molecule has 8 heteroatoms. The second-order valence-corrected chi connectivity index (χ2v) is 6.61. The summed E-state index contributed by atoms with van der Waals surface area (Å²) >= 11 is 0. The maximum atomic E-state index is 12.4. The molecular formula is C16H29F3N4O. The average molecular weight is 350 g/mol. The average Bonchev–Trinajstić information content (AvgIpc) is 3.16. The van der Waals surface area contributed by atoms with E-state index in [0.29, 0.717) is 31.6 Å². The van der Waals surface area contributed by atoms with E-state index in [9.17, 15) is 13.2 Å². The van der Waals surface area contributed by atoms with Gasteiger partial charge in [0.1, 0.15) is 0 Å². The Bertz CT molecular complexity index is 397. The van der Waals surface area contributed by atoms with Crippen LogP contribution in [0.25, 0.3) is 0 Å². The van der Waals surface area contributed by atoms with Gasteiger partial charge < -0.3 is 15.4 Å². The standard InChI is InChI=1S/C16H29F3N4O/c1-20-15(21-8-4-10-24-14-5-2-3-6-14)22-13-7-9-23(11-13)12-16(17,18)19/h13-14H,2-12H2,1H3,(H2,20,21,22). The molecule has 1 aliphatic carbocycles. The number of hydrogen-bond acceptors (Lipinski definition) is 3. The van der Waals surface area contributed by atoms with Crippen LogP contribution in [0.4, 0.5) is 13.2 Å². The molecule has 0 bridgehead atoms. The van der Waals surface area contributed by atoms with E-state index >= 15 is 0 Å². The van der Waals surface area contributed by atoms with Crippen LogP contribution < -0.4 is 10.6 Å². The predicted molar refractivity (Wildman–Crippen MR) is 88.2 cm³/mol. The van der Waals surface area contributed by atoms with Gasteiger partial charge in [-0.1, -0.05) is 12.8 Å². The normalized spacial score (nSPS) is 23.8. The van der Waals surface area contributed by atoms with E-state index in [4.69, 9.17) is 4.74 Å². The molecule has 0 aromatic carbocycles. The lowest BCUT2D eigenvalue weighted by atomic mass is 10.3. The first-order valence-corrected chi connectivity index (χ1v) is 8.84. The highest BCUT2D eigenvalue weighted by Gasteiger charge is 2.34. The number of rotatable bonds is 7. The van der Waals surface area contributed by atoms with E-state index in [1.807, 2.05) is 0 Å². The molecule has 24 heavy (non-hydrogen) atoms. The molecule has 1 heterocycles. The number of halogens is 3. The molecule has 140 valence electrons. The zero-order chi connectivity index (χ0) is 17.4. The summed E-state index contributed by atoms with van der Waals surface area (Å²) in [5, 5.41) is 6.41. The maximum Gasteiger partial charge on any atom is 0.401 e. The van der Waals surface area contributed by atoms with Crippen molar-refractivity contribution in [1.82, 2.24) is 15.5 Å². The van der Waals surface area contributed by atoms with Gasteiger partial charge in [-0.15, -0.1) is 0 Å². The Hall–Kier alpha value is -1.02. The van der Waals surface area contributed by atoms with Crippen molar-refractivity contribution in [3.63, 3.8) is 0 Å². The Balaban J connectivity index is 1.57. The van der Waals surface area contributed by atoms with Crippen molar-refractivity contribution in [3.8, 4) is 0 Å². The molecule has 2 N–H and O–H groups in total. The van der Waals surface area contributed by atoms with Crippen molar-refractivity contribution >= 4 is 5.96 Å². The third-order valence-corrected chi connectivity index (χ3v) is 4.51. The highest BCUT2D eigenvalue weighted by molar-refractivity contribution is 5.79. The zero-order valence-corrected chi connectivity index (χ0v) is 14.4. The summed E-state index contributed by atoms with van der Waals surface area (Å²) < 4.78 is 43.0.